The summed E-state index contributed by atoms with van der Waals surface area (Å²) in [4.78, 5) is 10.7. The van der Waals surface area contributed by atoms with E-state index in [0.29, 0.717) is 6.42 Å². The highest BCUT2D eigenvalue weighted by atomic mass is 16.5. The van der Waals surface area contributed by atoms with E-state index in [-0.39, 0.29) is 12.4 Å². The molecule has 0 radical (unpaired) electrons. The molecule has 0 heterocycles. The van der Waals surface area contributed by atoms with Crippen LogP contribution < -0.4 is 0 Å². The number of carbonyl (C=O) groups excluding carboxylic acids is 1. The third-order valence-corrected chi connectivity index (χ3v) is 1.53. The predicted octanol–water partition coefficient (Wildman–Crippen LogP) is 1.27. The van der Waals surface area contributed by atoms with Gasteiger partial charge in [0.25, 0.3) is 0 Å². The molecule has 0 saturated carbocycles. The number of carbonyl (C=O) groups is 1. The second kappa shape index (κ2) is 6.85. The van der Waals surface area contributed by atoms with E-state index in [0.717, 1.165) is 6.42 Å². The summed E-state index contributed by atoms with van der Waals surface area (Å²) in [5.74, 6) is -0.358. The number of aliphatic hydroxyl groups is 1. The molecule has 3 nitrogen and oxygen atoms in total. The van der Waals surface area contributed by atoms with Gasteiger partial charge in [0.2, 0.25) is 0 Å². The first-order valence-electron chi connectivity index (χ1n) is 4.06. The van der Waals surface area contributed by atoms with Crippen LogP contribution in [0.15, 0.2) is 12.2 Å². The highest BCUT2D eigenvalue weighted by Crippen LogP contribution is 2.03. The number of rotatable bonds is 5. The summed E-state index contributed by atoms with van der Waals surface area (Å²) in [7, 11) is 1.32. The second-order valence-electron chi connectivity index (χ2n) is 2.58. The van der Waals surface area contributed by atoms with Crippen molar-refractivity contribution in [1.29, 1.82) is 0 Å². The van der Waals surface area contributed by atoms with Gasteiger partial charge in [-0.1, -0.05) is 12.2 Å². The van der Waals surface area contributed by atoms with E-state index in [1.165, 1.54) is 7.11 Å². The van der Waals surface area contributed by atoms with Crippen molar-refractivity contribution in [2.24, 2.45) is 0 Å². The molecular weight excluding hydrogens is 156 g/mol. The van der Waals surface area contributed by atoms with E-state index in [4.69, 9.17) is 0 Å². The molecule has 0 fully saturated rings. The molecule has 1 N–H and O–H groups in total. The average Bonchev–Trinajstić information content (AvgIpc) is 2.05. The summed E-state index contributed by atoms with van der Waals surface area (Å²) in [6, 6.07) is 0. The van der Waals surface area contributed by atoms with E-state index in [2.05, 4.69) is 4.74 Å². The van der Waals surface area contributed by atoms with E-state index in [1.807, 2.05) is 19.1 Å². The Morgan fingerprint density at radius 2 is 2.33 bits per heavy atom. The van der Waals surface area contributed by atoms with Crippen molar-refractivity contribution >= 4 is 5.97 Å². The van der Waals surface area contributed by atoms with Crippen LogP contribution in [0, 0.1) is 0 Å². The summed E-state index contributed by atoms with van der Waals surface area (Å²) in [6.45, 7) is 1.92. The number of hydrogen-bond donors (Lipinski definition) is 1. The van der Waals surface area contributed by atoms with Crippen molar-refractivity contribution in [3.8, 4) is 0 Å². The molecule has 0 rings (SSSR count). The van der Waals surface area contributed by atoms with Gasteiger partial charge in [-0.2, -0.15) is 0 Å². The van der Waals surface area contributed by atoms with Crippen molar-refractivity contribution < 1.29 is 14.6 Å². The fraction of sp³-hybridized carbons (Fsp3) is 0.667. The number of hydrogen-bond acceptors (Lipinski definition) is 3. The van der Waals surface area contributed by atoms with Gasteiger partial charge < -0.3 is 9.84 Å². The molecule has 70 valence electrons. The summed E-state index contributed by atoms with van der Waals surface area (Å²) in [5, 5.41) is 9.24. The molecule has 12 heavy (non-hydrogen) atoms. The van der Waals surface area contributed by atoms with Crippen LogP contribution in [0.5, 0.6) is 0 Å². The molecule has 3 heteroatoms. The average molecular weight is 172 g/mol. The van der Waals surface area contributed by atoms with Crippen LogP contribution in [-0.4, -0.2) is 24.3 Å². The second-order valence-corrected chi connectivity index (χ2v) is 2.58. The summed E-state index contributed by atoms with van der Waals surface area (Å²) >= 11 is 0. The zero-order valence-corrected chi connectivity index (χ0v) is 7.62. The van der Waals surface area contributed by atoms with Gasteiger partial charge in [-0.25, -0.2) is 0 Å². The number of esters is 1. The van der Waals surface area contributed by atoms with E-state index < -0.39 is 6.10 Å². The lowest BCUT2D eigenvalue weighted by molar-refractivity contribution is -0.142. The van der Waals surface area contributed by atoms with Crippen molar-refractivity contribution in [2.45, 2.75) is 32.3 Å². The van der Waals surface area contributed by atoms with Gasteiger partial charge in [0, 0.05) is 0 Å². The fourth-order valence-electron chi connectivity index (χ4n) is 0.833. The quantitative estimate of drug-likeness (QED) is 0.501. The largest absolute Gasteiger partial charge is 0.469 e. The minimum absolute atomic E-state index is 0.0913. The van der Waals surface area contributed by atoms with Crippen LogP contribution in [0.25, 0.3) is 0 Å². The summed E-state index contributed by atoms with van der Waals surface area (Å²) in [6.07, 6.45) is 4.81. The summed E-state index contributed by atoms with van der Waals surface area (Å²) in [5.41, 5.74) is 0. The Balaban J connectivity index is 3.45. The van der Waals surface area contributed by atoms with Crippen molar-refractivity contribution in [1.82, 2.24) is 0 Å². The third-order valence-electron chi connectivity index (χ3n) is 1.53. The molecule has 0 aromatic heterocycles. The first-order valence-corrected chi connectivity index (χ1v) is 4.06. The van der Waals surface area contributed by atoms with Crippen LogP contribution in [0.2, 0.25) is 0 Å². The fourth-order valence-corrected chi connectivity index (χ4v) is 0.833. The third kappa shape index (κ3) is 5.92. The molecule has 0 spiro atoms. The lowest BCUT2D eigenvalue weighted by atomic mass is 10.1. The minimum Gasteiger partial charge on any atom is -0.469 e. The van der Waals surface area contributed by atoms with E-state index in [9.17, 15) is 9.90 Å². The Labute approximate surface area is 73.0 Å². The number of ether oxygens (including phenoxy) is 1. The molecule has 0 aliphatic carbocycles. The maximum Gasteiger partial charge on any atom is 0.308 e. The Kier molecular flexibility index (Phi) is 6.38. The highest BCUT2D eigenvalue weighted by Gasteiger charge is 2.09. The first-order chi connectivity index (χ1) is 5.70. The first kappa shape index (κ1) is 11.2. The lowest BCUT2D eigenvalue weighted by Gasteiger charge is -2.06. The number of methoxy groups -OCH3 is 1. The predicted molar refractivity (Wildman–Crippen MR) is 46.7 cm³/mol. The monoisotopic (exact) mass is 172 g/mol. The van der Waals surface area contributed by atoms with Gasteiger partial charge in [0.05, 0.1) is 19.6 Å². The molecule has 1 atom stereocenters. The number of allylic oxidation sites excluding steroid dienone is 2. The zero-order chi connectivity index (χ0) is 9.40. The molecule has 0 bridgehead atoms. The van der Waals surface area contributed by atoms with Crippen LogP contribution >= 0.6 is 0 Å². The van der Waals surface area contributed by atoms with Gasteiger partial charge in [0.15, 0.2) is 0 Å². The Bertz CT molecular complexity index is 152. The van der Waals surface area contributed by atoms with Crippen LogP contribution in [0.1, 0.15) is 26.2 Å². The van der Waals surface area contributed by atoms with Crippen molar-refractivity contribution in [3.05, 3.63) is 12.2 Å². The highest BCUT2D eigenvalue weighted by molar-refractivity contribution is 5.69. The topological polar surface area (TPSA) is 46.5 Å². The van der Waals surface area contributed by atoms with E-state index in [1.54, 1.807) is 0 Å². The van der Waals surface area contributed by atoms with Gasteiger partial charge in [0.1, 0.15) is 0 Å². The molecule has 0 aromatic carbocycles. The Morgan fingerprint density at radius 1 is 1.67 bits per heavy atom. The number of aliphatic hydroxyl groups excluding tert-OH is 1. The summed E-state index contributed by atoms with van der Waals surface area (Å²) < 4.78 is 4.41. The van der Waals surface area contributed by atoms with Gasteiger partial charge >= 0.3 is 5.97 Å². The molecule has 0 aliphatic rings. The van der Waals surface area contributed by atoms with Crippen molar-refractivity contribution in [3.63, 3.8) is 0 Å². The van der Waals surface area contributed by atoms with Crippen molar-refractivity contribution in [2.75, 3.05) is 7.11 Å². The molecule has 0 aromatic rings. The van der Waals surface area contributed by atoms with Gasteiger partial charge in [-0.15, -0.1) is 0 Å². The molecule has 1 unspecified atom stereocenters. The maximum absolute atomic E-state index is 10.7. The zero-order valence-electron chi connectivity index (χ0n) is 7.62. The molecule has 0 saturated heterocycles. The minimum atomic E-state index is -0.575. The van der Waals surface area contributed by atoms with Gasteiger partial charge in [-0.3, -0.25) is 4.79 Å². The Morgan fingerprint density at radius 3 is 2.83 bits per heavy atom. The molecule has 0 amide bonds. The van der Waals surface area contributed by atoms with Crippen LogP contribution in [-0.2, 0) is 9.53 Å². The molecule has 0 aliphatic heterocycles. The van der Waals surface area contributed by atoms with Gasteiger partial charge in [-0.05, 0) is 19.8 Å². The van der Waals surface area contributed by atoms with Crippen LogP contribution in [0.3, 0.4) is 0 Å². The van der Waals surface area contributed by atoms with E-state index >= 15 is 0 Å². The van der Waals surface area contributed by atoms with Crippen LogP contribution in [0.4, 0.5) is 0 Å². The SMILES string of the molecule is C/C=C/CCC(O)CC(=O)OC. The molecular formula is C9H16O3. The Hall–Kier alpha value is -0.830. The normalized spacial score (nSPS) is 13.2. The standard InChI is InChI=1S/C9H16O3/c1-3-4-5-6-8(10)7-9(11)12-2/h3-4,8,10H,5-7H2,1-2H3/b4-3+. The smallest absolute Gasteiger partial charge is 0.308 e. The maximum atomic E-state index is 10.7. The lowest BCUT2D eigenvalue weighted by Crippen LogP contribution is -2.13.